The molecule has 3 aliphatic heterocycles. The van der Waals surface area contributed by atoms with Gasteiger partial charge in [-0.1, -0.05) is 152 Å². The maximum atomic E-state index is 13.6. The van der Waals surface area contributed by atoms with Crippen molar-refractivity contribution in [2.24, 2.45) is 20.5 Å². The number of unbranched alkanes of at least 4 members (excludes halogenated alkanes) is 1. The third kappa shape index (κ3) is 14.4. The van der Waals surface area contributed by atoms with E-state index in [9.17, 15) is 25.2 Å². The van der Waals surface area contributed by atoms with Crippen LogP contribution in [0.3, 0.4) is 0 Å². The summed E-state index contributed by atoms with van der Waals surface area (Å²) in [6.07, 6.45) is 8.46. The van der Waals surface area contributed by atoms with Crippen molar-refractivity contribution in [3.63, 3.8) is 0 Å². The van der Waals surface area contributed by atoms with Crippen LogP contribution in [0, 0.1) is 0 Å². The molecular weight excluding hydrogens is 1240 g/mol. The Morgan fingerprint density at radius 2 is 1.08 bits per heavy atom. The van der Waals surface area contributed by atoms with E-state index in [1.165, 1.54) is 33.3 Å². The Morgan fingerprint density at radius 3 is 1.61 bits per heavy atom. The fourth-order valence-electron chi connectivity index (χ4n) is 13.1. The normalized spacial score (nSPS) is 14.4. The van der Waals surface area contributed by atoms with Gasteiger partial charge in [0.25, 0.3) is 0 Å². The Kier molecular flexibility index (Phi) is 21.4. The van der Waals surface area contributed by atoms with Crippen LogP contribution in [-0.2, 0) is 32.3 Å². The number of fused-ring (bicyclic) bond motifs is 6. The Hall–Kier alpha value is -9.37. The minimum absolute atomic E-state index is 0. The van der Waals surface area contributed by atoms with Gasteiger partial charge in [0, 0.05) is 87.2 Å². The van der Waals surface area contributed by atoms with Crippen molar-refractivity contribution >= 4 is 72.7 Å². The number of likely N-dealkylation sites (N-methyl/N-ethyl adjacent to an activating group) is 2. The molecule has 0 aliphatic carbocycles. The predicted octanol–water partition coefficient (Wildman–Crippen LogP) is 20.4. The number of carbonyl (C=O) groups is 1. The van der Waals surface area contributed by atoms with E-state index in [4.69, 9.17) is 9.47 Å². The number of ether oxygens (including phenoxy) is 2. The number of rotatable bonds is 15. The number of esters is 1. The third-order valence-corrected chi connectivity index (χ3v) is 19.3. The number of phenols is 4. The van der Waals surface area contributed by atoms with Crippen LogP contribution in [0.1, 0.15) is 173 Å². The van der Waals surface area contributed by atoms with E-state index < -0.39 is 0 Å². The van der Waals surface area contributed by atoms with Gasteiger partial charge in [-0.05, 0) is 171 Å². The molecule has 9 aromatic carbocycles. The van der Waals surface area contributed by atoms with E-state index in [1.54, 1.807) is 24.3 Å². The monoisotopic (exact) mass is 1330 g/mol. The summed E-state index contributed by atoms with van der Waals surface area (Å²) in [5.41, 5.74) is 12.9. The summed E-state index contributed by atoms with van der Waals surface area (Å²) in [6, 6.07) is 50.0. The van der Waals surface area contributed by atoms with Crippen LogP contribution in [0.2, 0.25) is 0 Å². The number of nitrogens with zero attached hydrogens (tertiary/aromatic N) is 6. The Labute approximate surface area is 575 Å². The zero-order valence-electron chi connectivity index (χ0n) is 58.1. The number of azo groups is 2. The van der Waals surface area contributed by atoms with E-state index >= 15 is 0 Å². The zero-order valence-corrected chi connectivity index (χ0v) is 59.2. The minimum atomic E-state index is -0.290. The van der Waals surface area contributed by atoms with E-state index in [0.717, 1.165) is 105 Å². The number of aromatic hydroxyl groups is 4. The number of anilines is 1. The maximum Gasteiger partial charge on any atom is 0.338 e. The Balaban J connectivity index is 0.000000181. The van der Waals surface area contributed by atoms with Crippen molar-refractivity contribution in [3.05, 3.63) is 219 Å². The van der Waals surface area contributed by atoms with Gasteiger partial charge >= 0.3 is 5.97 Å². The Morgan fingerprint density at radius 1 is 0.562 bits per heavy atom. The average Bonchev–Trinajstić information content (AvgIpc) is 0.720. The van der Waals surface area contributed by atoms with Gasteiger partial charge in [-0.25, -0.2) is 9.37 Å². The predicted molar refractivity (Wildman–Crippen MR) is 388 cm³/mol. The maximum absolute atomic E-state index is 13.6. The second-order valence-electron chi connectivity index (χ2n) is 27.3. The van der Waals surface area contributed by atoms with Gasteiger partial charge in [0.15, 0.2) is 17.0 Å². The first-order valence-electron chi connectivity index (χ1n) is 33.3. The number of carbonyl (C=O) groups excluding carboxylic acids is 1. The van der Waals surface area contributed by atoms with Crippen molar-refractivity contribution < 1.29 is 51.5 Å². The van der Waals surface area contributed by atoms with Gasteiger partial charge in [0.1, 0.15) is 52.3 Å². The molecule has 3 aliphatic rings. The first kappa shape index (κ1) is 70.9. The van der Waals surface area contributed by atoms with Gasteiger partial charge in [0.05, 0.1) is 23.8 Å². The number of hydrogen-bond acceptors (Lipinski definition) is 12. The summed E-state index contributed by atoms with van der Waals surface area (Å²) in [4.78, 5) is 16.0. The molecule has 0 amide bonds. The molecule has 0 saturated heterocycles. The third-order valence-electron chi connectivity index (χ3n) is 19.3. The van der Waals surface area contributed by atoms with Gasteiger partial charge < -0.3 is 34.8 Å². The van der Waals surface area contributed by atoms with Crippen LogP contribution in [0.25, 0.3) is 38.3 Å². The molecule has 0 bridgehead atoms. The fraction of sp³-hybridized carbons (Fsp3) is 0.317. The molecule has 0 spiro atoms. The van der Waals surface area contributed by atoms with Crippen LogP contribution >= 0.6 is 0 Å². The smallest absolute Gasteiger partial charge is 0.338 e. The summed E-state index contributed by atoms with van der Waals surface area (Å²) in [7, 11) is 0. The van der Waals surface area contributed by atoms with Crippen molar-refractivity contribution in [1.29, 1.82) is 0 Å². The SMILES string of the molecule is CCC(C)(C)c1ccc(O)c(N=Nc2ccc3ccccc3c2O)c1.CCC(C)(C)c1ccc(O)c(N=Nc2ccc3ccccc3c2O)c1.CCCCOC(=O)c1ccccc1C1=c2cc3c(cc2Oc2cc4c(cc21)C(C)=CC(C)(C)N4CC)=[N+](CC)C(C)(C)C=C3C.[Co]. The molecule has 14 heteroatoms. The molecule has 499 valence electrons. The molecule has 0 saturated carbocycles. The molecule has 9 aromatic rings. The van der Waals surface area contributed by atoms with Crippen molar-refractivity contribution in [1.82, 2.24) is 4.58 Å². The molecule has 13 nitrogen and oxygen atoms in total. The topological polar surface area (TPSA) is 172 Å². The van der Waals surface area contributed by atoms with Crippen LogP contribution in [0.4, 0.5) is 28.4 Å². The first-order chi connectivity index (χ1) is 45.3. The number of phenolic OH excluding ortho intramolecular Hbond substituents is 4. The standard InChI is InChI=1S/C40H47N2O3.2C21H22N2O2.Co/c1-10-13-18-44-38(43)28-17-15-14-16-27(28)37-31-19-29-25(4)23-39(6,7)41(11-2)33(29)21-35(31)45-36-22-34-30(20-32(36)37)26(5)24-40(8,9)42(34)12-3;2*1-4-21(2,3)15-10-12-19(24)18(13-15)23-22-17-11-9-14-7-5-6-8-16(14)20(17)25;/h14-17,19-24H,10-13,18H2,1-9H3;2*5-13,24-25H,4H2,1-3H3;/q+1;;;. The van der Waals surface area contributed by atoms with Crippen molar-refractivity contribution in [2.75, 3.05) is 24.6 Å². The van der Waals surface area contributed by atoms with E-state index in [-0.39, 0.29) is 67.7 Å². The van der Waals surface area contributed by atoms with Crippen LogP contribution in [0.15, 0.2) is 190 Å². The quantitative estimate of drug-likeness (QED) is 0.0340. The van der Waals surface area contributed by atoms with Gasteiger partial charge in [-0.2, -0.15) is 0 Å². The van der Waals surface area contributed by atoms with Crippen LogP contribution in [-0.4, -0.2) is 57.2 Å². The van der Waals surface area contributed by atoms with Crippen molar-refractivity contribution in [2.45, 2.75) is 151 Å². The summed E-state index contributed by atoms with van der Waals surface area (Å²) in [5.74, 6) is 1.64. The fourth-order valence-corrected chi connectivity index (χ4v) is 13.1. The summed E-state index contributed by atoms with van der Waals surface area (Å²) < 4.78 is 15.1. The van der Waals surface area contributed by atoms with Crippen molar-refractivity contribution in [3.8, 4) is 34.5 Å². The molecule has 12 rings (SSSR count). The second kappa shape index (κ2) is 28.9. The van der Waals surface area contributed by atoms with Crippen LogP contribution < -0.4 is 24.8 Å². The van der Waals surface area contributed by atoms with E-state index in [2.05, 4.69) is 176 Å². The average molecular weight is 1330 g/mol. The largest absolute Gasteiger partial charge is 0.506 e. The second-order valence-corrected chi connectivity index (χ2v) is 27.3. The summed E-state index contributed by atoms with van der Waals surface area (Å²) in [6.45, 7) is 35.0. The minimum Gasteiger partial charge on any atom is -0.506 e. The molecule has 1 radical (unpaired) electrons. The van der Waals surface area contributed by atoms with Gasteiger partial charge in [-0.3, -0.25) is 0 Å². The summed E-state index contributed by atoms with van der Waals surface area (Å²) >= 11 is 0. The molecule has 4 N–H and O–H groups in total. The van der Waals surface area contributed by atoms with Gasteiger partial charge in [0.2, 0.25) is 5.36 Å². The molecular formula is C82H91CoN6O7+. The molecule has 96 heavy (non-hydrogen) atoms. The number of benzene rings is 9. The van der Waals surface area contributed by atoms with Crippen LogP contribution in [0.5, 0.6) is 34.5 Å². The van der Waals surface area contributed by atoms with E-state index in [1.807, 2.05) is 103 Å². The first-order valence-corrected chi connectivity index (χ1v) is 33.3. The molecule has 0 fully saturated rings. The Bertz CT molecular complexity index is 4560. The number of allylic oxidation sites excluding steroid dienone is 2. The number of hydrogen-bond donors (Lipinski definition) is 4. The van der Waals surface area contributed by atoms with Gasteiger partial charge in [-0.15, -0.1) is 20.5 Å². The molecule has 0 unspecified atom stereocenters. The molecule has 3 heterocycles. The van der Waals surface area contributed by atoms with E-state index in [0.29, 0.717) is 34.9 Å². The molecule has 0 aromatic heterocycles. The zero-order chi connectivity index (χ0) is 68.3. The molecule has 0 atom stereocenters. The summed E-state index contributed by atoms with van der Waals surface area (Å²) in [5, 5.41) is 63.1.